The molecule has 0 aliphatic heterocycles. The summed E-state index contributed by atoms with van der Waals surface area (Å²) >= 11 is 0. The topological polar surface area (TPSA) is 77.8 Å². The molecule has 0 heterocycles. The number of aliphatic carboxylic acids is 1. The van der Waals surface area contributed by atoms with Gasteiger partial charge in [-0.05, 0) is 13.8 Å². The van der Waals surface area contributed by atoms with Gasteiger partial charge in [0.05, 0.1) is 12.6 Å². The van der Waals surface area contributed by atoms with Gasteiger partial charge in [-0.1, -0.05) is 0 Å². The largest absolute Gasteiger partial charge is 0.481 e. The molecule has 5 nitrogen and oxygen atoms in total. The van der Waals surface area contributed by atoms with E-state index in [-0.39, 0.29) is 12.6 Å². The molecule has 0 radical (unpaired) electrons. The fraction of sp³-hybridized carbons (Fsp3) is 0.750. The number of carbonyl (C=O) groups is 2. The van der Waals surface area contributed by atoms with E-state index < -0.39 is 17.8 Å². The third-order valence-electron chi connectivity index (χ3n) is 2.01. The normalized spacial score (nSPS) is 14.8. The Hall–Kier alpha value is -1.10. The van der Waals surface area contributed by atoms with E-state index in [0.717, 1.165) is 0 Å². The van der Waals surface area contributed by atoms with E-state index in [2.05, 4.69) is 0 Å². The average molecular weight is 189 g/mol. The number of nitrogens with zero attached hydrogens (tertiary/aromatic N) is 1. The lowest BCUT2D eigenvalue weighted by Crippen LogP contribution is -2.42. The van der Waals surface area contributed by atoms with Crippen molar-refractivity contribution >= 4 is 11.9 Å². The third kappa shape index (κ3) is 3.02. The van der Waals surface area contributed by atoms with Crippen LogP contribution in [-0.4, -0.2) is 46.7 Å². The van der Waals surface area contributed by atoms with Gasteiger partial charge in [-0.3, -0.25) is 9.59 Å². The van der Waals surface area contributed by atoms with Gasteiger partial charge in [-0.2, -0.15) is 0 Å². The van der Waals surface area contributed by atoms with Gasteiger partial charge in [0.2, 0.25) is 5.91 Å². The summed E-state index contributed by atoms with van der Waals surface area (Å²) in [7, 11) is 1.47. The quantitative estimate of drug-likeness (QED) is 0.587. The van der Waals surface area contributed by atoms with Crippen LogP contribution in [0.1, 0.15) is 13.8 Å². The number of carbonyl (C=O) groups excluding carboxylic acids is 1. The second kappa shape index (κ2) is 4.81. The minimum atomic E-state index is -1.15. The van der Waals surface area contributed by atoms with E-state index in [1.807, 2.05) is 0 Å². The lowest BCUT2D eigenvalue weighted by molar-refractivity contribution is -0.150. The number of hydrogen-bond donors (Lipinski definition) is 2. The number of aliphatic hydroxyl groups is 1. The zero-order valence-corrected chi connectivity index (χ0v) is 8.02. The van der Waals surface area contributed by atoms with Crippen LogP contribution in [0, 0.1) is 5.92 Å². The number of amides is 1. The number of hydrogen-bond acceptors (Lipinski definition) is 3. The van der Waals surface area contributed by atoms with Crippen LogP contribution in [0.25, 0.3) is 0 Å². The molecule has 2 unspecified atom stereocenters. The molecule has 0 aliphatic carbocycles. The molecule has 0 rings (SSSR count). The molecule has 0 bridgehead atoms. The molecule has 2 atom stereocenters. The number of aliphatic hydroxyl groups excluding tert-OH is 1. The summed E-state index contributed by atoms with van der Waals surface area (Å²) in [5, 5.41) is 17.3. The Morgan fingerprint density at radius 1 is 1.38 bits per heavy atom. The van der Waals surface area contributed by atoms with Crippen molar-refractivity contribution in [3.63, 3.8) is 0 Å². The zero-order chi connectivity index (χ0) is 10.6. The van der Waals surface area contributed by atoms with Crippen molar-refractivity contribution in [2.24, 2.45) is 5.92 Å². The molecule has 0 aromatic rings. The highest BCUT2D eigenvalue weighted by Crippen LogP contribution is 2.04. The molecule has 0 saturated carbocycles. The van der Waals surface area contributed by atoms with Crippen LogP contribution in [-0.2, 0) is 9.59 Å². The zero-order valence-electron chi connectivity index (χ0n) is 8.02. The molecular weight excluding hydrogens is 174 g/mol. The van der Waals surface area contributed by atoms with Gasteiger partial charge in [0, 0.05) is 7.05 Å². The van der Waals surface area contributed by atoms with Crippen molar-refractivity contribution in [2.45, 2.75) is 19.9 Å². The second-order valence-corrected chi connectivity index (χ2v) is 3.04. The smallest absolute Gasteiger partial charge is 0.315 e. The second-order valence-electron chi connectivity index (χ2n) is 3.04. The SMILES string of the molecule is CC(C(=O)O)C(=O)N(C)C(C)CO. The summed E-state index contributed by atoms with van der Waals surface area (Å²) < 4.78 is 0. The van der Waals surface area contributed by atoms with E-state index in [1.165, 1.54) is 18.9 Å². The van der Waals surface area contributed by atoms with E-state index in [0.29, 0.717) is 0 Å². The average Bonchev–Trinajstić information content (AvgIpc) is 2.12. The molecule has 2 N–H and O–H groups in total. The van der Waals surface area contributed by atoms with Gasteiger partial charge in [0.25, 0.3) is 0 Å². The maximum absolute atomic E-state index is 11.3. The first-order chi connectivity index (χ1) is 5.91. The van der Waals surface area contributed by atoms with Crippen LogP contribution >= 0.6 is 0 Å². The van der Waals surface area contributed by atoms with Crippen molar-refractivity contribution in [3.8, 4) is 0 Å². The van der Waals surface area contributed by atoms with Gasteiger partial charge in [0.1, 0.15) is 5.92 Å². The highest BCUT2D eigenvalue weighted by molar-refractivity contribution is 5.96. The summed E-state index contributed by atoms with van der Waals surface area (Å²) in [6, 6.07) is -0.353. The fourth-order valence-corrected chi connectivity index (χ4v) is 0.751. The van der Waals surface area contributed by atoms with Crippen molar-refractivity contribution in [3.05, 3.63) is 0 Å². The van der Waals surface area contributed by atoms with Crippen LogP contribution in [0.5, 0.6) is 0 Å². The summed E-state index contributed by atoms with van der Waals surface area (Å²) in [5.74, 6) is -2.70. The van der Waals surface area contributed by atoms with Crippen molar-refractivity contribution in [1.82, 2.24) is 4.90 Å². The predicted molar refractivity (Wildman–Crippen MR) is 46.1 cm³/mol. The van der Waals surface area contributed by atoms with Crippen molar-refractivity contribution in [1.29, 1.82) is 0 Å². The first kappa shape index (κ1) is 11.9. The molecule has 0 aliphatic rings. The van der Waals surface area contributed by atoms with Gasteiger partial charge >= 0.3 is 5.97 Å². The maximum atomic E-state index is 11.3. The standard InChI is InChI=1S/C8H15NO4/c1-5(4-10)9(3)7(11)6(2)8(12)13/h5-6,10H,4H2,1-3H3,(H,12,13). The maximum Gasteiger partial charge on any atom is 0.315 e. The lowest BCUT2D eigenvalue weighted by atomic mass is 10.1. The van der Waals surface area contributed by atoms with Crippen molar-refractivity contribution < 1.29 is 19.8 Å². The highest BCUT2D eigenvalue weighted by atomic mass is 16.4. The molecule has 0 fully saturated rings. The molecule has 5 heteroatoms. The third-order valence-corrected chi connectivity index (χ3v) is 2.01. The summed E-state index contributed by atoms with van der Waals surface area (Å²) in [4.78, 5) is 23.0. The molecule has 0 aromatic carbocycles. The molecule has 13 heavy (non-hydrogen) atoms. The van der Waals surface area contributed by atoms with Gasteiger partial charge in [-0.15, -0.1) is 0 Å². The van der Waals surface area contributed by atoms with Crippen LogP contribution in [0.3, 0.4) is 0 Å². The minimum Gasteiger partial charge on any atom is -0.481 e. The molecular formula is C8H15NO4. The fourth-order valence-electron chi connectivity index (χ4n) is 0.751. The molecule has 1 amide bonds. The Morgan fingerprint density at radius 2 is 1.85 bits per heavy atom. The van der Waals surface area contributed by atoms with Crippen LogP contribution < -0.4 is 0 Å². The number of rotatable bonds is 4. The Balaban J connectivity index is 4.33. The van der Waals surface area contributed by atoms with Crippen LogP contribution in [0.2, 0.25) is 0 Å². The first-order valence-electron chi connectivity index (χ1n) is 4.02. The van der Waals surface area contributed by atoms with Gasteiger partial charge in [0.15, 0.2) is 0 Å². The van der Waals surface area contributed by atoms with Gasteiger partial charge < -0.3 is 15.1 Å². The van der Waals surface area contributed by atoms with E-state index >= 15 is 0 Å². The summed E-state index contributed by atoms with van der Waals surface area (Å²) in [6.07, 6.45) is 0. The van der Waals surface area contributed by atoms with Gasteiger partial charge in [-0.25, -0.2) is 0 Å². The monoisotopic (exact) mass is 189 g/mol. The van der Waals surface area contributed by atoms with Crippen molar-refractivity contribution in [2.75, 3.05) is 13.7 Å². The Morgan fingerprint density at radius 3 is 2.15 bits per heavy atom. The lowest BCUT2D eigenvalue weighted by Gasteiger charge is -2.24. The number of carboxylic acids is 1. The van der Waals surface area contributed by atoms with E-state index in [4.69, 9.17) is 10.2 Å². The Labute approximate surface area is 77.0 Å². The molecule has 0 saturated heterocycles. The van der Waals surface area contributed by atoms with Crippen LogP contribution in [0.15, 0.2) is 0 Å². The Kier molecular flexibility index (Phi) is 4.40. The highest BCUT2D eigenvalue weighted by Gasteiger charge is 2.26. The summed E-state index contributed by atoms with van der Waals surface area (Å²) in [5.41, 5.74) is 0. The van der Waals surface area contributed by atoms with E-state index in [1.54, 1.807) is 6.92 Å². The first-order valence-corrected chi connectivity index (χ1v) is 4.02. The summed E-state index contributed by atoms with van der Waals surface area (Å²) in [6.45, 7) is 2.80. The molecule has 76 valence electrons. The minimum absolute atomic E-state index is 0.172. The Bertz CT molecular complexity index is 204. The van der Waals surface area contributed by atoms with Crippen LogP contribution in [0.4, 0.5) is 0 Å². The predicted octanol–water partition coefficient (Wildman–Crippen LogP) is -0.454. The van der Waals surface area contributed by atoms with E-state index in [9.17, 15) is 9.59 Å². The number of likely N-dealkylation sites (N-methyl/N-ethyl adjacent to an activating group) is 1. The molecule has 0 aromatic heterocycles. The number of carboxylic acid groups (broad SMARTS) is 1. The molecule has 0 spiro atoms.